The predicted molar refractivity (Wildman–Crippen MR) is 103 cm³/mol. The van der Waals surface area contributed by atoms with Crippen LogP contribution in [-0.2, 0) is 6.42 Å². The molecule has 25 heavy (non-hydrogen) atoms. The molecule has 7 heteroatoms. The van der Waals surface area contributed by atoms with Crippen molar-refractivity contribution < 1.29 is 15.3 Å². The number of benzene rings is 2. The zero-order valence-corrected chi connectivity index (χ0v) is 14.1. The number of nitrogen functional groups attached to an aromatic ring is 2. The van der Waals surface area contributed by atoms with Crippen LogP contribution in [0.5, 0.6) is 0 Å². The number of rotatable bonds is 9. The minimum absolute atomic E-state index is 0.00367. The van der Waals surface area contributed by atoms with Gasteiger partial charge in [-0.1, -0.05) is 6.07 Å². The lowest BCUT2D eigenvalue weighted by Crippen LogP contribution is -2.11. The highest BCUT2D eigenvalue weighted by molar-refractivity contribution is 5.93. The maximum Gasteiger partial charge on any atom is 0.0604 e. The number of nitrogens with two attached hydrogens (primary N) is 2. The summed E-state index contributed by atoms with van der Waals surface area (Å²) >= 11 is 0. The number of hydrogen-bond donors (Lipinski definition) is 7. The molecule has 0 fully saturated rings. The average molecular weight is 346 g/mol. The Morgan fingerprint density at radius 1 is 0.840 bits per heavy atom. The summed E-state index contributed by atoms with van der Waals surface area (Å²) in [5.41, 5.74) is 17.3. The van der Waals surface area contributed by atoms with Crippen LogP contribution >= 0.6 is 0 Å². The van der Waals surface area contributed by atoms with Gasteiger partial charge in [0.05, 0.1) is 13.2 Å². The Morgan fingerprint density at radius 3 is 1.96 bits per heavy atom. The van der Waals surface area contributed by atoms with E-state index in [2.05, 4.69) is 10.6 Å². The zero-order chi connectivity index (χ0) is 18.2. The summed E-state index contributed by atoms with van der Waals surface area (Å²) < 4.78 is 0. The molecule has 0 spiro atoms. The van der Waals surface area contributed by atoms with Crippen molar-refractivity contribution in [3.05, 3.63) is 35.9 Å². The first-order valence-corrected chi connectivity index (χ1v) is 8.24. The third kappa shape index (κ3) is 4.54. The van der Waals surface area contributed by atoms with Gasteiger partial charge in [0, 0.05) is 48.0 Å². The molecule has 0 saturated carbocycles. The van der Waals surface area contributed by atoms with E-state index >= 15 is 0 Å². The Labute approximate surface area is 147 Å². The molecule has 0 bridgehead atoms. The van der Waals surface area contributed by atoms with Gasteiger partial charge in [0.15, 0.2) is 0 Å². The number of anilines is 4. The summed E-state index contributed by atoms with van der Waals surface area (Å²) in [7, 11) is 0. The van der Waals surface area contributed by atoms with E-state index in [9.17, 15) is 5.11 Å². The minimum atomic E-state index is -0.0350. The fourth-order valence-corrected chi connectivity index (χ4v) is 2.85. The normalized spacial score (nSPS) is 10.7. The smallest absolute Gasteiger partial charge is 0.0604 e. The fourth-order valence-electron chi connectivity index (χ4n) is 2.85. The van der Waals surface area contributed by atoms with Crippen molar-refractivity contribution in [1.29, 1.82) is 0 Å². The van der Waals surface area contributed by atoms with Crippen LogP contribution in [-0.4, -0.2) is 48.2 Å². The van der Waals surface area contributed by atoms with Crippen LogP contribution in [0, 0.1) is 0 Å². The standard InChI is InChI=1S/C18H26N4O3/c19-12-10-14(13(4-7-23)15(20)11-12)18-16(21-5-8-24)2-1-3-17(18)22-6-9-25/h1-3,10-11,21-25H,4-9,19-20H2. The SMILES string of the molecule is Nc1cc(N)c(CCO)c(-c2c(NCCO)cccc2NCCO)c1. The second kappa shape index (κ2) is 9.12. The highest BCUT2D eigenvalue weighted by Gasteiger charge is 2.17. The van der Waals surface area contributed by atoms with Crippen molar-refractivity contribution in [3.63, 3.8) is 0 Å². The molecular weight excluding hydrogens is 320 g/mol. The quantitative estimate of drug-likeness (QED) is 0.334. The fraction of sp³-hybridized carbons (Fsp3) is 0.333. The second-order valence-electron chi connectivity index (χ2n) is 5.64. The molecule has 136 valence electrons. The topological polar surface area (TPSA) is 137 Å². The van der Waals surface area contributed by atoms with Gasteiger partial charge in [0.1, 0.15) is 0 Å². The van der Waals surface area contributed by atoms with Crippen molar-refractivity contribution in [2.24, 2.45) is 0 Å². The Kier molecular flexibility index (Phi) is 6.88. The molecule has 0 aromatic heterocycles. The average Bonchev–Trinajstić information content (AvgIpc) is 2.60. The Morgan fingerprint density at radius 2 is 1.44 bits per heavy atom. The van der Waals surface area contributed by atoms with Gasteiger partial charge in [0.2, 0.25) is 0 Å². The van der Waals surface area contributed by atoms with Crippen LogP contribution < -0.4 is 22.1 Å². The zero-order valence-electron chi connectivity index (χ0n) is 14.1. The largest absolute Gasteiger partial charge is 0.399 e. The molecule has 7 nitrogen and oxygen atoms in total. The molecule has 2 aromatic rings. The molecule has 2 aromatic carbocycles. The lowest BCUT2D eigenvalue weighted by molar-refractivity contribution is 0.300. The summed E-state index contributed by atoms with van der Waals surface area (Å²) in [5, 5.41) is 34.1. The van der Waals surface area contributed by atoms with E-state index < -0.39 is 0 Å². The first kappa shape index (κ1) is 18.9. The molecule has 9 N–H and O–H groups in total. The molecule has 0 unspecified atom stereocenters. The summed E-state index contributed by atoms with van der Waals surface area (Å²) in [6.45, 7) is 0.743. The molecule has 0 atom stereocenters. The van der Waals surface area contributed by atoms with E-state index in [1.807, 2.05) is 24.3 Å². The van der Waals surface area contributed by atoms with Gasteiger partial charge in [-0.05, 0) is 41.8 Å². The molecular formula is C18H26N4O3. The molecule has 2 rings (SSSR count). The maximum absolute atomic E-state index is 9.42. The third-order valence-corrected chi connectivity index (χ3v) is 3.86. The molecule has 0 radical (unpaired) electrons. The van der Waals surface area contributed by atoms with Crippen LogP contribution in [0.3, 0.4) is 0 Å². The van der Waals surface area contributed by atoms with Crippen LogP contribution in [0.4, 0.5) is 22.7 Å². The molecule has 0 aliphatic carbocycles. The molecule has 0 amide bonds. The number of nitrogens with one attached hydrogen (secondary N) is 2. The first-order chi connectivity index (χ1) is 12.1. The van der Waals surface area contributed by atoms with Gasteiger partial charge < -0.3 is 37.4 Å². The van der Waals surface area contributed by atoms with Crippen LogP contribution in [0.1, 0.15) is 5.56 Å². The Bertz CT molecular complexity index is 681. The summed E-state index contributed by atoms with van der Waals surface area (Å²) in [4.78, 5) is 0. The van der Waals surface area contributed by atoms with Crippen molar-refractivity contribution in [3.8, 4) is 11.1 Å². The van der Waals surface area contributed by atoms with Crippen LogP contribution in [0.15, 0.2) is 30.3 Å². The third-order valence-electron chi connectivity index (χ3n) is 3.86. The summed E-state index contributed by atoms with van der Waals surface area (Å²) in [6.07, 6.45) is 0.398. The van der Waals surface area contributed by atoms with Crippen molar-refractivity contribution >= 4 is 22.7 Å². The lowest BCUT2D eigenvalue weighted by atomic mass is 9.93. The highest BCUT2D eigenvalue weighted by Crippen LogP contribution is 2.40. The van der Waals surface area contributed by atoms with Crippen molar-refractivity contribution in [2.45, 2.75) is 6.42 Å². The van der Waals surface area contributed by atoms with Crippen LogP contribution in [0.25, 0.3) is 11.1 Å². The van der Waals surface area contributed by atoms with Crippen molar-refractivity contribution in [2.75, 3.05) is 55.0 Å². The summed E-state index contributed by atoms with van der Waals surface area (Å²) in [5.74, 6) is 0. The van der Waals surface area contributed by atoms with Gasteiger partial charge in [-0.25, -0.2) is 0 Å². The second-order valence-corrected chi connectivity index (χ2v) is 5.64. The number of hydrogen-bond acceptors (Lipinski definition) is 7. The van der Waals surface area contributed by atoms with Crippen molar-refractivity contribution in [1.82, 2.24) is 0 Å². The molecule has 0 aliphatic rings. The molecule has 0 heterocycles. The van der Waals surface area contributed by atoms with Gasteiger partial charge in [-0.2, -0.15) is 0 Å². The Balaban J connectivity index is 2.66. The highest BCUT2D eigenvalue weighted by atomic mass is 16.3. The van der Waals surface area contributed by atoms with Crippen LogP contribution in [0.2, 0.25) is 0 Å². The van der Waals surface area contributed by atoms with E-state index in [-0.39, 0.29) is 19.8 Å². The lowest BCUT2D eigenvalue weighted by Gasteiger charge is -2.21. The van der Waals surface area contributed by atoms with E-state index in [0.29, 0.717) is 30.9 Å². The van der Waals surface area contributed by atoms with E-state index in [4.69, 9.17) is 21.7 Å². The number of aliphatic hydroxyl groups is 3. The van der Waals surface area contributed by atoms with E-state index in [1.165, 1.54) is 0 Å². The van der Waals surface area contributed by atoms with Gasteiger partial charge >= 0.3 is 0 Å². The Hall–Kier alpha value is -2.48. The van der Waals surface area contributed by atoms with E-state index in [0.717, 1.165) is 28.1 Å². The molecule has 0 aliphatic heterocycles. The monoisotopic (exact) mass is 346 g/mol. The predicted octanol–water partition coefficient (Wildman–Crippen LogP) is 0.861. The maximum atomic E-state index is 9.42. The number of aliphatic hydroxyl groups excluding tert-OH is 3. The van der Waals surface area contributed by atoms with Gasteiger partial charge in [-0.3, -0.25) is 0 Å². The van der Waals surface area contributed by atoms with Gasteiger partial charge in [-0.15, -0.1) is 0 Å². The minimum Gasteiger partial charge on any atom is -0.399 e. The summed E-state index contributed by atoms with van der Waals surface area (Å²) in [6, 6.07) is 9.18. The van der Waals surface area contributed by atoms with E-state index in [1.54, 1.807) is 6.07 Å². The van der Waals surface area contributed by atoms with Gasteiger partial charge in [0.25, 0.3) is 0 Å². The molecule has 0 saturated heterocycles. The first-order valence-electron chi connectivity index (χ1n) is 8.24.